The van der Waals surface area contributed by atoms with Crippen LogP contribution in [-0.4, -0.2) is 45.9 Å². The Kier molecular flexibility index (Phi) is 5.14. The largest absolute Gasteiger partial charge is 0.416 e. The van der Waals surface area contributed by atoms with Crippen molar-refractivity contribution in [2.75, 3.05) is 36.5 Å². The standard InChI is InChI=1S/C22H19F3N6O/c23-22(24,25)16-2-1-3-17(14-16)27-21-28-20-19(26-8-9-31(20)29-21)15-4-6-18(7-5-15)30-10-12-32-13-11-30/h1-9,14H,10-13H2,(H,27,29). The molecule has 1 aliphatic heterocycles. The number of hydrogen-bond acceptors (Lipinski definition) is 6. The van der Waals surface area contributed by atoms with Gasteiger partial charge in [-0.1, -0.05) is 18.2 Å². The Morgan fingerprint density at radius 2 is 1.78 bits per heavy atom. The molecule has 4 aromatic rings. The van der Waals surface area contributed by atoms with Gasteiger partial charge in [0.05, 0.1) is 18.8 Å². The summed E-state index contributed by atoms with van der Waals surface area (Å²) in [6, 6.07) is 12.9. The first-order chi connectivity index (χ1) is 15.5. The summed E-state index contributed by atoms with van der Waals surface area (Å²) in [4.78, 5) is 11.2. The number of aromatic nitrogens is 4. The SMILES string of the molecule is FC(F)(F)c1cccc(Nc2nc3c(-c4ccc(N5CCOCC5)cc4)nccn3n2)c1. The molecule has 0 atom stereocenters. The fraction of sp³-hybridized carbons (Fsp3) is 0.227. The Labute approximate surface area is 181 Å². The molecule has 1 saturated heterocycles. The molecule has 32 heavy (non-hydrogen) atoms. The molecule has 0 spiro atoms. The van der Waals surface area contributed by atoms with Crippen LogP contribution in [0.4, 0.5) is 30.5 Å². The van der Waals surface area contributed by atoms with E-state index in [9.17, 15) is 13.2 Å². The van der Waals surface area contributed by atoms with E-state index < -0.39 is 11.7 Å². The van der Waals surface area contributed by atoms with Gasteiger partial charge in [-0.25, -0.2) is 4.52 Å². The molecule has 2 aromatic carbocycles. The van der Waals surface area contributed by atoms with E-state index in [1.807, 2.05) is 24.3 Å². The molecule has 10 heteroatoms. The molecule has 7 nitrogen and oxygen atoms in total. The molecule has 3 heterocycles. The van der Waals surface area contributed by atoms with Crippen LogP contribution in [0, 0.1) is 0 Å². The van der Waals surface area contributed by atoms with Gasteiger partial charge >= 0.3 is 6.18 Å². The second kappa shape index (κ2) is 8.12. The highest BCUT2D eigenvalue weighted by atomic mass is 19.4. The second-order valence-corrected chi connectivity index (χ2v) is 7.33. The number of hydrogen-bond donors (Lipinski definition) is 1. The summed E-state index contributed by atoms with van der Waals surface area (Å²) in [7, 11) is 0. The summed E-state index contributed by atoms with van der Waals surface area (Å²) in [6.07, 6.45) is -1.17. The lowest BCUT2D eigenvalue weighted by atomic mass is 10.1. The zero-order valence-corrected chi connectivity index (χ0v) is 16.9. The van der Waals surface area contributed by atoms with Gasteiger partial charge in [-0.15, -0.1) is 5.10 Å². The Balaban J connectivity index is 1.42. The number of anilines is 3. The van der Waals surface area contributed by atoms with Crippen LogP contribution in [0.5, 0.6) is 0 Å². The van der Waals surface area contributed by atoms with E-state index in [1.165, 1.54) is 12.1 Å². The van der Waals surface area contributed by atoms with Crippen molar-refractivity contribution in [3.63, 3.8) is 0 Å². The van der Waals surface area contributed by atoms with E-state index in [-0.39, 0.29) is 11.6 Å². The van der Waals surface area contributed by atoms with E-state index in [1.54, 1.807) is 16.9 Å². The number of alkyl halides is 3. The number of halogens is 3. The summed E-state index contributed by atoms with van der Waals surface area (Å²) >= 11 is 0. The molecule has 0 radical (unpaired) electrons. The first kappa shape index (κ1) is 20.3. The molecule has 2 aromatic heterocycles. The lowest BCUT2D eigenvalue weighted by Gasteiger charge is -2.28. The molecule has 5 rings (SSSR count). The highest BCUT2D eigenvalue weighted by Gasteiger charge is 2.30. The van der Waals surface area contributed by atoms with Gasteiger partial charge < -0.3 is 15.0 Å². The first-order valence-corrected chi connectivity index (χ1v) is 10.1. The van der Waals surface area contributed by atoms with E-state index in [0.717, 1.165) is 36.5 Å². The Morgan fingerprint density at radius 3 is 2.53 bits per heavy atom. The van der Waals surface area contributed by atoms with Gasteiger partial charge in [-0.3, -0.25) is 4.98 Å². The summed E-state index contributed by atoms with van der Waals surface area (Å²) < 4.78 is 45.9. The van der Waals surface area contributed by atoms with Crippen molar-refractivity contribution in [2.24, 2.45) is 0 Å². The minimum absolute atomic E-state index is 0.184. The number of rotatable bonds is 4. The smallest absolute Gasteiger partial charge is 0.378 e. The Bertz CT molecular complexity index is 1230. The van der Waals surface area contributed by atoms with Crippen molar-refractivity contribution < 1.29 is 17.9 Å². The monoisotopic (exact) mass is 440 g/mol. The van der Waals surface area contributed by atoms with Gasteiger partial charge in [0, 0.05) is 42.4 Å². The predicted molar refractivity (Wildman–Crippen MR) is 114 cm³/mol. The van der Waals surface area contributed by atoms with Crippen LogP contribution in [0.3, 0.4) is 0 Å². The molecule has 1 fully saturated rings. The number of ether oxygens (including phenoxy) is 1. The third-order valence-corrected chi connectivity index (χ3v) is 5.22. The lowest BCUT2D eigenvalue weighted by Crippen LogP contribution is -2.36. The van der Waals surface area contributed by atoms with Crippen molar-refractivity contribution in [1.82, 2.24) is 19.6 Å². The lowest BCUT2D eigenvalue weighted by molar-refractivity contribution is -0.137. The maximum Gasteiger partial charge on any atom is 0.416 e. The highest BCUT2D eigenvalue weighted by Crippen LogP contribution is 2.31. The number of morpholine rings is 1. The second-order valence-electron chi connectivity index (χ2n) is 7.33. The van der Waals surface area contributed by atoms with E-state index in [4.69, 9.17) is 4.74 Å². The van der Waals surface area contributed by atoms with Crippen molar-refractivity contribution in [3.05, 3.63) is 66.5 Å². The number of nitrogens with one attached hydrogen (secondary N) is 1. The normalized spacial score (nSPS) is 14.7. The molecule has 1 aliphatic rings. The summed E-state index contributed by atoms with van der Waals surface area (Å²) in [5.41, 5.74) is 2.61. The van der Waals surface area contributed by atoms with Crippen LogP contribution < -0.4 is 10.2 Å². The Morgan fingerprint density at radius 1 is 1.00 bits per heavy atom. The molecular formula is C22H19F3N6O. The fourth-order valence-electron chi connectivity index (χ4n) is 3.63. The summed E-state index contributed by atoms with van der Waals surface area (Å²) in [6.45, 7) is 3.12. The van der Waals surface area contributed by atoms with Crippen LogP contribution in [0.25, 0.3) is 16.9 Å². The molecule has 0 amide bonds. The molecule has 1 N–H and O–H groups in total. The topological polar surface area (TPSA) is 67.6 Å². The number of benzene rings is 2. The van der Waals surface area contributed by atoms with Gasteiger partial charge in [-0.2, -0.15) is 18.2 Å². The maximum absolute atomic E-state index is 13.0. The highest BCUT2D eigenvalue weighted by molar-refractivity contribution is 5.75. The number of fused-ring (bicyclic) bond motifs is 1. The third-order valence-electron chi connectivity index (χ3n) is 5.22. The van der Waals surface area contributed by atoms with Gasteiger partial charge in [0.25, 0.3) is 0 Å². The van der Waals surface area contributed by atoms with E-state index >= 15 is 0 Å². The minimum atomic E-state index is -4.42. The van der Waals surface area contributed by atoms with Crippen LogP contribution in [0.15, 0.2) is 60.9 Å². The van der Waals surface area contributed by atoms with E-state index in [2.05, 4.69) is 25.3 Å². The Hall–Kier alpha value is -3.66. The van der Waals surface area contributed by atoms with Crippen molar-refractivity contribution in [1.29, 1.82) is 0 Å². The van der Waals surface area contributed by atoms with Crippen LogP contribution in [0.1, 0.15) is 5.56 Å². The summed E-state index contributed by atoms with van der Waals surface area (Å²) in [5, 5.41) is 7.18. The summed E-state index contributed by atoms with van der Waals surface area (Å²) in [5.74, 6) is 0.184. The van der Waals surface area contributed by atoms with Crippen LogP contribution in [-0.2, 0) is 10.9 Å². The average Bonchev–Trinajstić information content (AvgIpc) is 3.22. The van der Waals surface area contributed by atoms with Crippen LogP contribution >= 0.6 is 0 Å². The minimum Gasteiger partial charge on any atom is -0.378 e. The predicted octanol–water partition coefficient (Wildman–Crippen LogP) is 4.39. The van der Waals surface area contributed by atoms with Crippen molar-refractivity contribution >= 4 is 23.0 Å². The van der Waals surface area contributed by atoms with Gasteiger partial charge in [-0.05, 0) is 30.3 Å². The van der Waals surface area contributed by atoms with Crippen LogP contribution in [0.2, 0.25) is 0 Å². The first-order valence-electron chi connectivity index (χ1n) is 10.1. The third kappa shape index (κ3) is 4.09. The van der Waals surface area contributed by atoms with Gasteiger partial charge in [0.15, 0.2) is 5.65 Å². The zero-order chi connectivity index (χ0) is 22.1. The molecule has 0 unspecified atom stereocenters. The molecule has 0 bridgehead atoms. The fourth-order valence-corrected chi connectivity index (χ4v) is 3.63. The average molecular weight is 440 g/mol. The quantitative estimate of drug-likeness (QED) is 0.508. The van der Waals surface area contributed by atoms with Crippen molar-refractivity contribution in [2.45, 2.75) is 6.18 Å². The van der Waals surface area contributed by atoms with Gasteiger partial charge in [0.2, 0.25) is 5.95 Å². The molecule has 164 valence electrons. The number of nitrogens with zero attached hydrogens (tertiary/aromatic N) is 5. The maximum atomic E-state index is 13.0. The van der Waals surface area contributed by atoms with Crippen molar-refractivity contribution in [3.8, 4) is 11.3 Å². The van der Waals surface area contributed by atoms with E-state index in [0.29, 0.717) is 24.6 Å². The molecule has 0 aliphatic carbocycles. The zero-order valence-electron chi connectivity index (χ0n) is 16.9. The molecule has 0 saturated carbocycles. The molecular weight excluding hydrogens is 421 g/mol. The van der Waals surface area contributed by atoms with Gasteiger partial charge in [0.1, 0.15) is 5.69 Å².